The lowest BCUT2D eigenvalue weighted by molar-refractivity contribution is 1.67. The maximum absolute atomic E-state index is 5.82. The van der Waals surface area contributed by atoms with Crippen LogP contribution in [0.15, 0.2) is 60.7 Å². The molecule has 94 valence electrons. The molecule has 0 saturated carbocycles. The summed E-state index contributed by atoms with van der Waals surface area (Å²) in [7, 11) is 0. The van der Waals surface area contributed by atoms with Gasteiger partial charge in [-0.2, -0.15) is 0 Å². The normalized spacial score (nSPS) is 10.5. The molecule has 3 aromatic rings. The van der Waals surface area contributed by atoms with Crippen LogP contribution in [0.5, 0.6) is 0 Å². The Balaban J connectivity index is 1.97. The third-order valence-electron chi connectivity index (χ3n) is 2.97. The van der Waals surface area contributed by atoms with E-state index in [1.54, 1.807) is 11.3 Å². The van der Waals surface area contributed by atoms with Gasteiger partial charge < -0.3 is 11.5 Å². The van der Waals surface area contributed by atoms with Crippen LogP contribution >= 0.6 is 11.3 Å². The van der Waals surface area contributed by atoms with Crippen molar-refractivity contribution in [2.24, 2.45) is 0 Å². The molecule has 0 unspecified atom stereocenters. The van der Waals surface area contributed by atoms with Gasteiger partial charge in [-0.15, -0.1) is 11.3 Å². The van der Waals surface area contributed by atoms with E-state index in [9.17, 15) is 0 Å². The minimum absolute atomic E-state index is 0.788. The molecule has 0 atom stereocenters. The summed E-state index contributed by atoms with van der Waals surface area (Å²) < 4.78 is 0. The molecule has 0 aliphatic heterocycles. The maximum Gasteiger partial charge on any atom is 0.0350 e. The number of thiophene rings is 1. The summed E-state index contributed by atoms with van der Waals surface area (Å²) in [5.74, 6) is 0. The highest BCUT2D eigenvalue weighted by atomic mass is 32.1. The molecule has 1 heterocycles. The second-order valence-corrected chi connectivity index (χ2v) is 5.50. The smallest absolute Gasteiger partial charge is 0.0350 e. The molecule has 0 radical (unpaired) electrons. The minimum Gasteiger partial charge on any atom is -0.399 e. The molecule has 4 N–H and O–H groups in total. The molecule has 0 saturated heterocycles. The predicted octanol–water partition coefficient (Wildman–Crippen LogP) is 4.25. The van der Waals surface area contributed by atoms with Crippen molar-refractivity contribution in [1.82, 2.24) is 0 Å². The van der Waals surface area contributed by atoms with E-state index in [1.807, 2.05) is 42.5 Å². The van der Waals surface area contributed by atoms with E-state index in [0.29, 0.717) is 0 Å². The van der Waals surface area contributed by atoms with Crippen molar-refractivity contribution in [2.45, 2.75) is 0 Å². The van der Waals surface area contributed by atoms with E-state index >= 15 is 0 Å². The van der Waals surface area contributed by atoms with E-state index in [2.05, 4.69) is 18.2 Å². The Morgan fingerprint density at radius 3 is 2.00 bits per heavy atom. The standard InChI is InChI=1S/C16H14N2S/c17-13-6-4-11(5-7-13)15-8-9-16(19-15)12-2-1-3-14(18)10-12/h1-10H,17-18H2. The third kappa shape index (κ3) is 2.46. The Labute approximate surface area is 116 Å². The first-order valence-electron chi connectivity index (χ1n) is 6.04. The molecule has 0 aliphatic rings. The molecule has 2 nitrogen and oxygen atoms in total. The van der Waals surface area contributed by atoms with Crippen LogP contribution in [0.4, 0.5) is 11.4 Å². The van der Waals surface area contributed by atoms with Crippen molar-refractivity contribution in [2.75, 3.05) is 11.5 Å². The Kier molecular flexibility index (Phi) is 2.97. The molecule has 3 heteroatoms. The summed E-state index contributed by atoms with van der Waals surface area (Å²) >= 11 is 1.76. The minimum atomic E-state index is 0.788. The lowest BCUT2D eigenvalue weighted by Gasteiger charge is -1.99. The van der Waals surface area contributed by atoms with Gasteiger partial charge >= 0.3 is 0 Å². The SMILES string of the molecule is Nc1ccc(-c2ccc(-c3cccc(N)c3)s2)cc1. The van der Waals surface area contributed by atoms with Gasteiger partial charge in [0.05, 0.1) is 0 Å². The van der Waals surface area contributed by atoms with E-state index in [0.717, 1.165) is 16.9 Å². The molecule has 1 aromatic heterocycles. The maximum atomic E-state index is 5.82. The molecule has 19 heavy (non-hydrogen) atoms. The fourth-order valence-corrected chi connectivity index (χ4v) is 3.00. The van der Waals surface area contributed by atoms with Gasteiger partial charge in [-0.05, 0) is 47.5 Å². The average molecular weight is 266 g/mol. The predicted molar refractivity (Wildman–Crippen MR) is 84.0 cm³/mol. The van der Waals surface area contributed by atoms with Crippen molar-refractivity contribution in [1.29, 1.82) is 0 Å². The summed E-state index contributed by atoms with van der Waals surface area (Å²) in [4.78, 5) is 2.46. The van der Waals surface area contributed by atoms with Crippen molar-refractivity contribution in [3.8, 4) is 20.9 Å². The van der Waals surface area contributed by atoms with Crippen molar-refractivity contribution in [3.05, 3.63) is 60.7 Å². The number of nitrogens with two attached hydrogens (primary N) is 2. The van der Waals surface area contributed by atoms with Crippen LogP contribution in [0.25, 0.3) is 20.9 Å². The van der Waals surface area contributed by atoms with Crippen molar-refractivity contribution >= 4 is 22.7 Å². The van der Waals surface area contributed by atoms with Crippen LogP contribution in [-0.2, 0) is 0 Å². The quantitative estimate of drug-likeness (QED) is 0.681. The molecular formula is C16H14N2S. The lowest BCUT2D eigenvalue weighted by atomic mass is 10.1. The zero-order valence-corrected chi connectivity index (χ0v) is 11.2. The van der Waals surface area contributed by atoms with E-state index in [4.69, 9.17) is 11.5 Å². The fraction of sp³-hybridized carbons (Fsp3) is 0. The first-order valence-corrected chi connectivity index (χ1v) is 6.86. The molecular weight excluding hydrogens is 252 g/mol. The van der Waals surface area contributed by atoms with Crippen LogP contribution in [0, 0.1) is 0 Å². The number of benzene rings is 2. The summed E-state index contributed by atoms with van der Waals surface area (Å²) in [6.45, 7) is 0. The van der Waals surface area contributed by atoms with Gasteiger partial charge in [-0.1, -0.05) is 24.3 Å². The largest absolute Gasteiger partial charge is 0.399 e. The highest BCUT2D eigenvalue weighted by Gasteiger charge is 2.05. The summed E-state index contributed by atoms with van der Waals surface area (Å²) in [6, 6.07) is 20.2. The van der Waals surface area contributed by atoms with Gasteiger partial charge in [0.2, 0.25) is 0 Å². The number of rotatable bonds is 2. The van der Waals surface area contributed by atoms with Crippen LogP contribution in [0.1, 0.15) is 0 Å². The number of anilines is 2. The Morgan fingerprint density at radius 1 is 0.632 bits per heavy atom. The highest BCUT2D eigenvalue weighted by molar-refractivity contribution is 7.18. The lowest BCUT2D eigenvalue weighted by Crippen LogP contribution is -1.83. The Hall–Kier alpha value is -2.26. The molecule has 0 spiro atoms. The number of nitrogen functional groups attached to an aromatic ring is 2. The second-order valence-electron chi connectivity index (χ2n) is 4.41. The van der Waals surface area contributed by atoms with Gasteiger partial charge in [0.25, 0.3) is 0 Å². The molecule has 2 aromatic carbocycles. The van der Waals surface area contributed by atoms with E-state index < -0.39 is 0 Å². The molecule has 0 bridgehead atoms. The highest BCUT2D eigenvalue weighted by Crippen LogP contribution is 2.35. The third-order valence-corrected chi connectivity index (χ3v) is 4.16. The zero-order chi connectivity index (χ0) is 13.2. The second kappa shape index (κ2) is 4.78. The average Bonchev–Trinajstić information content (AvgIpc) is 2.89. The Morgan fingerprint density at radius 2 is 1.32 bits per heavy atom. The van der Waals surface area contributed by atoms with E-state index in [1.165, 1.54) is 15.3 Å². The van der Waals surface area contributed by atoms with Crippen molar-refractivity contribution in [3.63, 3.8) is 0 Å². The zero-order valence-electron chi connectivity index (χ0n) is 10.3. The molecule has 0 amide bonds. The Bertz CT molecular complexity index is 699. The number of hydrogen-bond donors (Lipinski definition) is 2. The molecule has 0 aliphatic carbocycles. The van der Waals surface area contributed by atoms with Gasteiger partial charge in [-0.25, -0.2) is 0 Å². The van der Waals surface area contributed by atoms with Crippen LogP contribution in [0.3, 0.4) is 0 Å². The van der Waals surface area contributed by atoms with Crippen molar-refractivity contribution < 1.29 is 0 Å². The summed E-state index contributed by atoms with van der Waals surface area (Å²) in [5, 5.41) is 0. The van der Waals surface area contributed by atoms with Crippen LogP contribution in [0.2, 0.25) is 0 Å². The first-order chi connectivity index (χ1) is 9.22. The summed E-state index contributed by atoms with van der Waals surface area (Å²) in [6.07, 6.45) is 0. The fourth-order valence-electron chi connectivity index (χ4n) is 1.99. The van der Waals surface area contributed by atoms with Gasteiger partial charge in [0, 0.05) is 21.1 Å². The van der Waals surface area contributed by atoms with E-state index in [-0.39, 0.29) is 0 Å². The summed E-state index contributed by atoms with van der Waals surface area (Å²) in [5.41, 5.74) is 15.5. The number of hydrogen-bond acceptors (Lipinski definition) is 3. The van der Waals surface area contributed by atoms with Gasteiger partial charge in [0.15, 0.2) is 0 Å². The first kappa shape index (κ1) is 11.8. The van der Waals surface area contributed by atoms with Crippen LogP contribution < -0.4 is 11.5 Å². The van der Waals surface area contributed by atoms with Gasteiger partial charge in [0.1, 0.15) is 0 Å². The topological polar surface area (TPSA) is 52.0 Å². The van der Waals surface area contributed by atoms with Crippen LogP contribution in [-0.4, -0.2) is 0 Å². The van der Waals surface area contributed by atoms with Gasteiger partial charge in [-0.3, -0.25) is 0 Å². The monoisotopic (exact) mass is 266 g/mol. The molecule has 3 rings (SSSR count). The molecule has 0 fully saturated rings.